The van der Waals surface area contributed by atoms with Crippen LogP contribution in [0.5, 0.6) is 0 Å². The quantitative estimate of drug-likeness (QED) is 0.832. The van der Waals surface area contributed by atoms with Crippen LogP contribution in [0.4, 0.5) is 0 Å². The summed E-state index contributed by atoms with van der Waals surface area (Å²) in [4.78, 5) is 11.7. The molecule has 102 valence electrons. The highest BCUT2D eigenvalue weighted by Crippen LogP contribution is 2.15. The molecule has 3 nitrogen and oxygen atoms in total. The third-order valence-electron chi connectivity index (χ3n) is 2.76. The Balaban J connectivity index is 2.34. The van der Waals surface area contributed by atoms with Crippen molar-refractivity contribution >= 4 is 17.7 Å². The van der Waals surface area contributed by atoms with E-state index >= 15 is 0 Å². The first-order chi connectivity index (χ1) is 9.17. The highest BCUT2D eigenvalue weighted by atomic mass is 32.2. The number of nitrogens with one attached hydrogen (secondary N) is 1. The number of carbonyl (C=O) groups excluding carboxylic acids is 1. The molecule has 0 saturated carbocycles. The van der Waals surface area contributed by atoms with Crippen LogP contribution in [-0.2, 0) is 10.5 Å². The van der Waals surface area contributed by atoms with Crippen molar-refractivity contribution < 1.29 is 4.79 Å². The minimum Gasteiger partial charge on any atom is -0.353 e. The Morgan fingerprint density at radius 1 is 1.47 bits per heavy atom. The molecule has 0 aliphatic rings. The molecule has 1 rings (SSSR count). The lowest BCUT2D eigenvalue weighted by Crippen LogP contribution is -2.33. The van der Waals surface area contributed by atoms with Crippen molar-refractivity contribution in [1.82, 2.24) is 5.32 Å². The van der Waals surface area contributed by atoms with E-state index in [4.69, 9.17) is 5.26 Å². The fraction of sp³-hybridized carbons (Fsp3) is 0.467. The van der Waals surface area contributed by atoms with Crippen LogP contribution in [0, 0.1) is 11.3 Å². The van der Waals surface area contributed by atoms with Gasteiger partial charge in [0.15, 0.2) is 0 Å². The zero-order chi connectivity index (χ0) is 14.1. The van der Waals surface area contributed by atoms with Gasteiger partial charge < -0.3 is 5.32 Å². The number of thioether (sulfide) groups is 1. The third kappa shape index (κ3) is 5.80. The number of nitrogens with zero attached hydrogens (tertiary/aromatic N) is 1. The summed E-state index contributed by atoms with van der Waals surface area (Å²) < 4.78 is 0. The number of nitriles is 1. The molecule has 0 aliphatic carbocycles. The molecule has 0 aliphatic heterocycles. The molecular formula is C15H20N2OS. The van der Waals surface area contributed by atoms with E-state index in [1.54, 1.807) is 17.8 Å². The molecule has 0 radical (unpaired) electrons. The van der Waals surface area contributed by atoms with E-state index in [1.165, 1.54) is 0 Å². The van der Waals surface area contributed by atoms with Crippen molar-refractivity contribution in [2.45, 2.75) is 38.5 Å². The van der Waals surface area contributed by atoms with E-state index in [-0.39, 0.29) is 11.9 Å². The minimum absolute atomic E-state index is 0.0698. The van der Waals surface area contributed by atoms with E-state index in [0.29, 0.717) is 17.1 Å². The van der Waals surface area contributed by atoms with Crippen LogP contribution in [0.25, 0.3) is 0 Å². The van der Waals surface area contributed by atoms with E-state index in [1.807, 2.05) is 25.1 Å². The molecule has 19 heavy (non-hydrogen) atoms. The Bertz CT molecular complexity index is 454. The number of carbonyl (C=O) groups is 1. The molecule has 1 aromatic rings. The first-order valence-electron chi connectivity index (χ1n) is 6.52. The molecule has 0 bridgehead atoms. The molecule has 0 saturated heterocycles. The van der Waals surface area contributed by atoms with Crippen molar-refractivity contribution in [3.05, 3.63) is 35.4 Å². The maximum Gasteiger partial charge on any atom is 0.230 e. The average Bonchev–Trinajstić information content (AvgIpc) is 2.39. The van der Waals surface area contributed by atoms with Crippen LogP contribution in [0.2, 0.25) is 0 Å². The second kappa shape index (κ2) is 8.60. The van der Waals surface area contributed by atoms with Gasteiger partial charge in [0.1, 0.15) is 0 Å². The molecule has 0 fully saturated rings. The van der Waals surface area contributed by atoms with Crippen LogP contribution in [0.15, 0.2) is 24.3 Å². The molecule has 1 N–H and O–H groups in total. The summed E-state index contributed by atoms with van der Waals surface area (Å²) >= 11 is 1.54. The fourth-order valence-electron chi connectivity index (χ4n) is 1.83. The molecule has 0 heterocycles. The van der Waals surface area contributed by atoms with Gasteiger partial charge in [-0.25, -0.2) is 0 Å². The molecule has 4 heteroatoms. The Morgan fingerprint density at radius 3 is 2.89 bits per heavy atom. The normalized spacial score (nSPS) is 11.6. The highest BCUT2D eigenvalue weighted by molar-refractivity contribution is 7.99. The second-order valence-electron chi connectivity index (χ2n) is 4.52. The summed E-state index contributed by atoms with van der Waals surface area (Å²) in [6.45, 7) is 4.13. The molecule has 1 atom stereocenters. The predicted octanol–water partition coefficient (Wildman–Crippen LogP) is 3.10. The zero-order valence-electron chi connectivity index (χ0n) is 11.5. The van der Waals surface area contributed by atoms with Crippen molar-refractivity contribution in [1.29, 1.82) is 5.26 Å². The van der Waals surface area contributed by atoms with E-state index < -0.39 is 0 Å². The number of hydrogen-bond donors (Lipinski definition) is 1. The number of hydrogen-bond acceptors (Lipinski definition) is 3. The summed E-state index contributed by atoms with van der Waals surface area (Å²) in [7, 11) is 0. The molecule has 0 aromatic heterocycles. The second-order valence-corrected chi connectivity index (χ2v) is 5.50. The van der Waals surface area contributed by atoms with Gasteiger partial charge >= 0.3 is 0 Å². The van der Waals surface area contributed by atoms with E-state index in [0.717, 1.165) is 18.4 Å². The SMILES string of the molecule is CCC[C@H](C)NC(=O)CSCc1ccccc1C#N. The molecule has 1 aromatic carbocycles. The largest absolute Gasteiger partial charge is 0.353 e. The van der Waals surface area contributed by atoms with Gasteiger partial charge in [0.25, 0.3) is 0 Å². The first-order valence-corrected chi connectivity index (χ1v) is 7.68. The highest BCUT2D eigenvalue weighted by Gasteiger charge is 2.07. The Hall–Kier alpha value is -1.47. The van der Waals surface area contributed by atoms with Gasteiger partial charge in [0.05, 0.1) is 17.4 Å². The summed E-state index contributed by atoms with van der Waals surface area (Å²) in [5, 5.41) is 11.9. The number of benzene rings is 1. The summed E-state index contributed by atoms with van der Waals surface area (Å²) in [6, 6.07) is 9.92. The lowest BCUT2D eigenvalue weighted by Gasteiger charge is -2.12. The summed E-state index contributed by atoms with van der Waals surface area (Å²) in [5.74, 6) is 1.20. The third-order valence-corrected chi connectivity index (χ3v) is 3.74. The summed E-state index contributed by atoms with van der Waals surface area (Å²) in [5.41, 5.74) is 1.68. The monoisotopic (exact) mass is 276 g/mol. The molecule has 0 spiro atoms. The van der Waals surface area contributed by atoms with E-state index in [2.05, 4.69) is 18.3 Å². The molecule has 1 amide bonds. The van der Waals surface area contributed by atoms with Crippen molar-refractivity contribution in [2.75, 3.05) is 5.75 Å². The van der Waals surface area contributed by atoms with Crippen LogP contribution in [0.3, 0.4) is 0 Å². The van der Waals surface area contributed by atoms with E-state index in [9.17, 15) is 4.79 Å². The Morgan fingerprint density at radius 2 is 2.21 bits per heavy atom. The van der Waals surface area contributed by atoms with Gasteiger partial charge in [0.2, 0.25) is 5.91 Å². The Kier molecular flexibility index (Phi) is 7.06. The van der Waals surface area contributed by atoms with Gasteiger partial charge in [-0.15, -0.1) is 11.8 Å². The first kappa shape index (κ1) is 15.6. The lowest BCUT2D eigenvalue weighted by molar-refractivity contribution is -0.119. The van der Waals surface area contributed by atoms with Crippen molar-refractivity contribution in [3.8, 4) is 6.07 Å². The molecular weight excluding hydrogens is 256 g/mol. The molecule has 0 unspecified atom stereocenters. The number of amides is 1. The summed E-state index contributed by atoms with van der Waals surface area (Å²) in [6.07, 6.45) is 2.08. The van der Waals surface area contributed by atoms with Crippen LogP contribution in [0.1, 0.15) is 37.8 Å². The van der Waals surface area contributed by atoms with Gasteiger partial charge in [-0.05, 0) is 25.0 Å². The van der Waals surface area contributed by atoms with Gasteiger partial charge in [-0.2, -0.15) is 5.26 Å². The minimum atomic E-state index is 0.0698. The predicted molar refractivity (Wildman–Crippen MR) is 79.8 cm³/mol. The van der Waals surface area contributed by atoms with Gasteiger partial charge in [0, 0.05) is 11.8 Å². The number of rotatable bonds is 7. The van der Waals surface area contributed by atoms with Crippen molar-refractivity contribution in [2.24, 2.45) is 0 Å². The van der Waals surface area contributed by atoms with Crippen LogP contribution >= 0.6 is 11.8 Å². The topological polar surface area (TPSA) is 52.9 Å². The standard InChI is InChI=1S/C15H20N2OS/c1-3-6-12(2)17-15(18)11-19-10-14-8-5-4-7-13(14)9-16/h4-5,7-8,12H,3,6,10-11H2,1-2H3,(H,17,18)/t12-/m0/s1. The maximum absolute atomic E-state index is 11.7. The van der Waals surface area contributed by atoms with Crippen LogP contribution in [-0.4, -0.2) is 17.7 Å². The van der Waals surface area contributed by atoms with Gasteiger partial charge in [-0.3, -0.25) is 4.79 Å². The maximum atomic E-state index is 11.7. The zero-order valence-corrected chi connectivity index (χ0v) is 12.3. The lowest BCUT2D eigenvalue weighted by atomic mass is 10.1. The Labute approximate surface area is 119 Å². The average molecular weight is 276 g/mol. The smallest absolute Gasteiger partial charge is 0.230 e. The van der Waals surface area contributed by atoms with Crippen LogP contribution < -0.4 is 5.32 Å². The van der Waals surface area contributed by atoms with Gasteiger partial charge in [-0.1, -0.05) is 31.5 Å². The fourth-order valence-corrected chi connectivity index (χ4v) is 2.67. The van der Waals surface area contributed by atoms with Crippen molar-refractivity contribution in [3.63, 3.8) is 0 Å².